The molecule has 2 amide bonds. The zero-order chi connectivity index (χ0) is 18.1. The normalized spacial score (nSPS) is 26.0. The lowest BCUT2D eigenvalue weighted by molar-refractivity contribution is -0.146. The minimum absolute atomic E-state index is 0.0715. The summed E-state index contributed by atoms with van der Waals surface area (Å²) < 4.78 is 5.13. The van der Waals surface area contributed by atoms with Gasteiger partial charge in [0.25, 0.3) is 5.91 Å². The Morgan fingerprint density at radius 2 is 1.92 bits per heavy atom. The zero-order valence-electron chi connectivity index (χ0n) is 15.3. The number of carbonyl (C=O) groups is 2. The van der Waals surface area contributed by atoms with Crippen LogP contribution in [0.1, 0.15) is 60.6 Å². The van der Waals surface area contributed by atoms with Crippen LogP contribution in [0.5, 0.6) is 0 Å². The first-order valence-electron chi connectivity index (χ1n) is 9.58. The molecule has 3 heterocycles. The van der Waals surface area contributed by atoms with E-state index in [-0.39, 0.29) is 11.8 Å². The van der Waals surface area contributed by atoms with E-state index in [2.05, 4.69) is 9.97 Å². The molecule has 0 radical (unpaired) electrons. The summed E-state index contributed by atoms with van der Waals surface area (Å²) in [4.78, 5) is 38.7. The molecule has 4 rings (SSSR count). The molecule has 7 heteroatoms. The van der Waals surface area contributed by atoms with Crippen LogP contribution in [0.15, 0.2) is 12.4 Å². The molecule has 1 unspecified atom stereocenters. The van der Waals surface area contributed by atoms with Crippen molar-refractivity contribution in [3.05, 3.63) is 23.8 Å². The smallest absolute Gasteiger partial charge is 0.257 e. The molecule has 1 saturated carbocycles. The number of amides is 2. The van der Waals surface area contributed by atoms with Gasteiger partial charge in [0, 0.05) is 45.1 Å². The van der Waals surface area contributed by atoms with Gasteiger partial charge in [-0.25, -0.2) is 9.97 Å². The number of piperidine rings is 1. The molecule has 0 N–H and O–H groups in total. The third-order valence-electron chi connectivity index (χ3n) is 5.86. The van der Waals surface area contributed by atoms with Gasteiger partial charge in [0.15, 0.2) is 0 Å². The Morgan fingerprint density at radius 3 is 2.58 bits per heavy atom. The minimum atomic E-state index is -0.696. The molecular formula is C19H26N4O3. The molecule has 140 valence electrons. The van der Waals surface area contributed by atoms with Gasteiger partial charge in [-0.05, 0) is 38.5 Å². The number of nitrogens with zero attached hydrogens (tertiary/aromatic N) is 4. The highest BCUT2D eigenvalue weighted by atomic mass is 16.5. The summed E-state index contributed by atoms with van der Waals surface area (Å²) in [5.41, 5.74) is -0.212. The zero-order valence-corrected chi connectivity index (χ0v) is 15.3. The van der Waals surface area contributed by atoms with Gasteiger partial charge in [0.2, 0.25) is 5.91 Å². The number of methoxy groups -OCH3 is 1. The van der Waals surface area contributed by atoms with E-state index in [9.17, 15) is 9.59 Å². The molecule has 7 nitrogen and oxygen atoms in total. The molecular weight excluding hydrogens is 332 g/mol. The molecule has 3 fully saturated rings. The summed E-state index contributed by atoms with van der Waals surface area (Å²) in [6.45, 7) is 2.46. The van der Waals surface area contributed by atoms with Crippen molar-refractivity contribution < 1.29 is 14.3 Å². The molecule has 2 aliphatic heterocycles. The van der Waals surface area contributed by atoms with Crippen molar-refractivity contribution in [1.82, 2.24) is 19.8 Å². The van der Waals surface area contributed by atoms with Gasteiger partial charge in [-0.3, -0.25) is 9.59 Å². The molecule has 0 aromatic carbocycles. The van der Waals surface area contributed by atoms with Crippen LogP contribution in [-0.4, -0.2) is 70.5 Å². The molecule has 0 bridgehead atoms. The van der Waals surface area contributed by atoms with Crippen LogP contribution < -0.4 is 0 Å². The van der Waals surface area contributed by atoms with Crippen molar-refractivity contribution in [1.29, 1.82) is 0 Å². The van der Waals surface area contributed by atoms with E-state index < -0.39 is 5.54 Å². The van der Waals surface area contributed by atoms with Gasteiger partial charge in [-0.2, -0.15) is 0 Å². The van der Waals surface area contributed by atoms with Gasteiger partial charge in [-0.15, -0.1) is 0 Å². The van der Waals surface area contributed by atoms with Crippen molar-refractivity contribution in [3.8, 4) is 0 Å². The van der Waals surface area contributed by atoms with Crippen LogP contribution in [0.3, 0.4) is 0 Å². The Balaban J connectivity index is 1.54. The van der Waals surface area contributed by atoms with Gasteiger partial charge in [-0.1, -0.05) is 0 Å². The molecule has 1 aliphatic carbocycles. The fourth-order valence-electron chi connectivity index (χ4n) is 4.29. The second-order valence-corrected chi connectivity index (χ2v) is 7.58. The predicted octanol–water partition coefficient (Wildman–Crippen LogP) is 1.60. The fraction of sp³-hybridized carbons (Fsp3) is 0.684. The Morgan fingerprint density at radius 1 is 1.23 bits per heavy atom. The Bertz CT molecular complexity index is 689. The quantitative estimate of drug-likeness (QED) is 0.799. The first-order chi connectivity index (χ1) is 12.7. The summed E-state index contributed by atoms with van der Waals surface area (Å²) >= 11 is 0. The lowest BCUT2D eigenvalue weighted by Gasteiger charge is -2.44. The van der Waals surface area contributed by atoms with Crippen molar-refractivity contribution in [2.75, 3.05) is 33.4 Å². The van der Waals surface area contributed by atoms with E-state index in [4.69, 9.17) is 4.74 Å². The summed E-state index contributed by atoms with van der Waals surface area (Å²) in [5, 5.41) is 0. The van der Waals surface area contributed by atoms with Crippen molar-refractivity contribution in [2.24, 2.45) is 0 Å². The lowest BCUT2D eigenvalue weighted by atomic mass is 9.85. The number of rotatable bonds is 5. The largest absolute Gasteiger partial charge is 0.383 e. The third-order valence-corrected chi connectivity index (χ3v) is 5.86. The first-order valence-corrected chi connectivity index (χ1v) is 9.58. The molecule has 1 aromatic heterocycles. The predicted molar refractivity (Wildman–Crippen MR) is 94.7 cm³/mol. The van der Waals surface area contributed by atoms with Crippen LogP contribution in [0.2, 0.25) is 0 Å². The highest BCUT2D eigenvalue weighted by Crippen LogP contribution is 2.40. The van der Waals surface area contributed by atoms with Crippen LogP contribution in [0.25, 0.3) is 0 Å². The molecule has 1 aromatic rings. The third kappa shape index (κ3) is 2.98. The molecule has 2 saturated heterocycles. The van der Waals surface area contributed by atoms with E-state index in [1.807, 2.05) is 4.90 Å². The van der Waals surface area contributed by atoms with Crippen molar-refractivity contribution in [2.45, 2.75) is 50.0 Å². The second-order valence-electron chi connectivity index (χ2n) is 7.58. The average Bonchev–Trinajstić information content (AvgIpc) is 3.43. The second kappa shape index (κ2) is 6.95. The van der Waals surface area contributed by atoms with E-state index in [0.717, 1.165) is 50.9 Å². The van der Waals surface area contributed by atoms with E-state index in [1.54, 1.807) is 24.4 Å². The molecule has 3 aliphatic rings. The topological polar surface area (TPSA) is 75.6 Å². The van der Waals surface area contributed by atoms with Crippen LogP contribution >= 0.6 is 0 Å². The Labute approximate surface area is 153 Å². The summed E-state index contributed by atoms with van der Waals surface area (Å²) in [6, 6.07) is 0. The SMILES string of the molecule is COCCN1CCCC2(CCCN2C(=O)c2cnc(C3CC3)nc2)C1=O. The maximum Gasteiger partial charge on any atom is 0.257 e. The van der Waals surface area contributed by atoms with Gasteiger partial charge < -0.3 is 14.5 Å². The van der Waals surface area contributed by atoms with Crippen molar-refractivity contribution in [3.63, 3.8) is 0 Å². The van der Waals surface area contributed by atoms with Gasteiger partial charge >= 0.3 is 0 Å². The number of aromatic nitrogens is 2. The van der Waals surface area contributed by atoms with Gasteiger partial charge in [0.05, 0.1) is 12.2 Å². The Hall–Kier alpha value is -2.02. The fourth-order valence-corrected chi connectivity index (χ4v) is 4.29. The maximum atomic E-state index is 13.2. The summed E-state index contributed by atoms with van der Waals surface area (Å²) in [6.07, 6.45) is 8.77. The number of carbonyl (C=O) groups excluding carboxylic acids is 2. The summed E-state index contributed by atoms with van der Waals surface area (Å²) in [5.74, 6) is 1.25. The van der Waals surface area contributed by atoms with Crippen LogP contribution in [0.4, 0.5) is 0 Å². The monoisotopic (exact) mass is 358 g/mol. The number of hydrogen-bond acceptors (Lipinski definition) is 5. The molecule has 26 heavy (non-hydrogen) atoms. The number of ether oxygens (including phenoxy) is 1. The average molecular weight is 358 g/mol. The van der Waals surface area contributed by atoms with Crippen LogP contribution in [0, 0.1) is 0 Å². The van der Waals surface area contributed by atoms with Crippen molar-refractivity contribution >= 4 is 11.8 Å². The standard InChI is InChI=1S/C19H26N4O3/c1-26-11-10-22-8-2-6-19(18(22)25)7-3-9-23(19)17(24)15-12-20-16(21-13-15)14-4-5-14/h12-14H,2-11H2,1H3. The number of likely N-dealkylation sites (tertiary alicyclic amines) is 2. The molecule has 1 spiro atoms. The summed E-state index contributed by atoms with van der Waals surface area (Å²) in [7, 11) is 1.64. The van der Waals surface area contributed by atoms with E-state index in [1.165, 1.54) is 0 Å². The highest BCUT2D eigenvalue weighted by molar-refractivity contribution is 5.99. The lowest BCUT2D eigenvalue weighted by Crippen LogP contribution is -2.61. The van der Waals surface area contributed by atoms with Crippen LogP contribution in [-0.2, 0) is 9.53 Å². The molecule has 1 atom stereocenters. The minimum Gasteiger partial charge on any atom is -0.383 e. The number of hydrogen-bond donors (Lipinski definition) is 0. The first kappa shape index (κ1) is 17.4. The van der Waals surface area contributed by atoms with E-state index >= 15 is 0 Å². The van der Waals surface area contributed by atoms with Gasteiger partial charge in [0.1, 0.15) is 11.4 Å². The Kier molecular flexibility index (Phi) is 4.65. The van der Waals surface area contributed by atoms with E-state index in [0.29, 0.717) is 31.2 Å². The highest BCUT2D eigenvalue weighted by Gasteiger charge is 2.52. The maximum absolute atomic E-state index is 13.2.